The minimum atomic E-state index is 0.0525. The Morgan fingerprint density at radius 2 is 2.17 bits per heavy atom. The number of imidazole rings is 1. The van der Waals surface area contributed by atoms with E-state index in [0.717, 1.165) is 35.8 Å². The highest BCUT2D eigenvalue weighted by molar-refractivity contribution is 7.99. The second-order valence-corrected chi connectivity index (χ2v) is 5.73. The average Bonchev–Trinajstić information content (AvgIpc) is 2.81. The van der Waals surface area contributed by atoms with Crippen LogP contribution in [0.2, 0.25) is 0 Å². The number of hydrogen-bond donors (Lipinski definition) is 0. The van der Waals surface area contributed by atoms with Crippen molar-refractivity contribution in [1.29, 1.82) is 0 Å². The number of rotatable bonds is 1. The van der Waals surface area contributed by atoms with Gasteiger partial charge in [-0.1, -0.05) is 0 Å². The molecule has 0 spiro atoms. The lowest BCUT2D eigenvalue weighted by Crippen LogP contribution is -2.38. The molecule has 0 aromatic carbocycles. The van der Waals surface area contributed by atoms with Crippen LogP contribution in [0.1, 0.15) is 16.1 Å². The van der Waals surface area contributed by atoms with Crippen LogP contribution in [0.25, 0.3) is 5.65 Å². The summed E-state index contributed by atoms with van der Waals surface area (Å²) in [4.78, 5) is 18.6. The standard InChI is InChI=1S/C13H15N3OS/c1-10-2-3-16-9-11(14-12(16)8-10)13(17)15-4-6-18-7-5-15/h2-3,8-9H,4-7H2,1H3. The SMILES string of the molecule is Cc1ccn2cc(C(=O)N3CCSCC3)nc2c1. The molecular weight excluding hydrogens is 246 g/mol. The molecule has 0 bridgehead atoms. The molecule has 0 radical (unpaired) electrons. The maximum atomic E-state index is 12.3. The summed E-state index contributed by atoms with van der Waals surface area (Å²) >= 11 is 1.90. The summed E-state index contributed by atoms with van der Waals surface area (Å²) < 4.78 is 1.90. The number of amides is 1. The normalized spacial score (nSPS) is 16.2. The van der Waals surface area contributed by atoms with Crippen LogP contribution in [0.3, 0.4) is 0 Å². The molecule has 0 unspecified atom stereocenters. The zero-order valence-corrected chi connectivity index (χ0v) is 11.1. The van der Waals surface area contributed by atoms with Crippen molar-refractivity contribution in [1.82, 2.24) is 14.3 Å². The highest BCUT2D eigenvalue weighted by Gasteiger charge is 2.20. The van der Waals surface area contributed by atoms with Crippen LogP contribution in [-0.4, -0.2) is 44.8 Å². The number of aromatic nitrogens is 2. The fourth-order valence-electron chi connectivity index (χ4n) is 2.12. The first-order valence-electron chi connectivity index (χ1n) is 6.06. The van der Waals surface area contributed by atoms with E-state index < -0.39 is 0 Å². The number of thioether (sulfide) groups is 1. The first-order valence-corrected chi connectivity index (χ1v) is 7.22. The number of pyridine rings is 1. The summed E-state index contributed by atoms with van der Waals surface area (Å²) in [6.45, 7) is 3.69. The van der Waals surface area contributed by atoms with Crippen LogP contribution < -0.4 is 0 Å². The van der Waals surface area contributed by atoms with E-state index in [4.69, 9.17) is 0 Å². The maximum absolute atomic E-state index is 12.3. The van der Waals surface area contributed by atoms with E-state index in [1.165, 1.54) is 0 Å². The van der Waals surface area contributed by atoms with Crippen molar-refractivity contribution in [2.45, 2.75) is 6.92 Å². The molecule has 0 atom stereocenters. The van der Waals surface area contributed by atoms with Crippen molar-refractivity contribution < 1.29 is 4.79 Å². The summed E-state index contributed by atoms with van der Waals surface area (Å²) in [6.07, 6.45) is 3.76. The third-order valence-electron chi connectivity index (χ3n) is 3.13. The minimum absolute atomic E-state index is 0.0525. The molecule has 0 N–H and O–H groups in total. The van der Waals surface area contributed by atoms with Crippen LogP contribution >= 0.6 is 11.8 Å². The van der Waals surface area contributed by atoms with E-state index in [0.29, 0.717) is 5.69 Å². The fourth-order valence-corrected chi connectivity index (χ4v) is 3.02. The van der Waals surface area contributed by atoms with Gasteiger partial charge in [0, 0.05) is 37.0 Å². The summed E-state index contributed by atoms with van der Waals surface area (Å²) in [6, 6.07) is 4.00. The third-order valence-corrected chi connectivity index (χ3v) is 4.08. The Balaban J connectivity index is 1.91. The molecule has 5 heteroatoms. The molecular formula is C13H15N3OS. The zero-order chi connectivity index (χ0) is 12.5. The highest BCUT2D eigenvalue weighted by Crippen LogP contribution is 2.14. The van der Waals surface area contributed by atoms with Gasteiger partial charge in [-0.05, 0) is 24.6 Å². The molecule has 2 aromatic heterocycles. The van der Waals surface area contributed by atoms with E-state index in [9.17, 15) is 4.79 Å². The fraction of sp³-hybridized carbons (Fsp3) is 0.385. The van der Waals surface area contributed by atoms with Gasteiger partial charge < -0.3 is 9.30 Å². The summed E-state index contributed by atoms with van der Waals surface area (Å²) in [5.41, 5.74) is 2.54. The average molecular weight is 261 g/mol. The third kappa shape index (κ3) is 2.10. The van der Waals surface area contributed by atoms with Gasteiger partial charge in [0.1, 0.15) is 11.3 Å². The molecule has 94 valence electrons. The van der Waals surface area contributed by atoms with Crippen LogP contribution in [-0.2, 0) is 0 Å². The van der Waals surface area contributed by atoms with Crippen molar-refractivity contribution in [2.24, 2.45) is 0 Å². The first kappa shape index (κ1) is 11.6. The molecule has 18 heavy (non-hydrogen) atoms. The second kappa shape index (κ2) is 4.65. The minimum Gasteiger partial charge on any atom is -0.336 e. The Morgan fingerprint density at radius 3 is 2.94 bits per heavy atom. The van der Waals surface area contributed by atoms with Crippen LogP contribution in [0.15, 0.2) is 24.5 Å². The summed E-state index contributed by atoms with van der Waals surface area (Å²) in [5, 5.41) is 0. The summed E-state index contributed by atoms with van der Waals surface area (Å²) in [5.74, 6) is 2.10. The molecule has 3 heterocycles. The number of carbonyl (C=O) groups is 1. The van der Waals surface area contributed by atoms with Gasteiger partial charge in [-0.15, -0.1) is 0 Å². The summed E-state index contributed by atoms with van der Waals surface area (Å²) in [7, 11) is 0. The predicted octanol–water partition coefficient (Wildman–Crippen LogP) is 1.83. The van der Waals surface area contributed by atoms with Gasteiger partial charge in [0.25, 0.3) is 5.91 Å². The molecule has 3 rings (SSSR count). The molecule has 4 nitrogen and oxygen atoms in total. The van der Waals surface area contributed by atoms with Gasteiger partial charge in [-0.25, -0.2) is 4.98 Å². The van der Waals surface area contributed by atoms with Gasteiger partial charge in [0.2, 0.25) is 0 Å². The Hall–Kier alpha value is -1.49. The van der Waals surface area contributed by atoms with E-state index in [-0.39, 0.29) is 5.91 Å². The van der Waals surface area contributed by atoms with E-state index in [2.05, 4.69) is 4.98 Å². The Kier molecular flexibility index (Phi) is 2.99. The number of fused-ring (bicyclic) bond motifs is 1. The topological polar surface area (TPSA) is 37.6 Å². The molecule has 2 aromatic rings. The van der Waals surface area contributed by atoms with E-state index in [1.807, 2.05) is 52.5 Å². The monoisotopic (exact) mass is 261 g/mol. The number of aryl methyl sites for hydroxylation is 1. The first-order chi connectivity index (χ1) is 8.74. The molecule has 1 aliphatic rings. The number of carbonyl (C=O) groups excluding carboxylic acids is 1. The Morgan fingerprint density at radius 1 is 1.39 bits per heavy atom. The van der Waals surface area contributed by atoms with Crippen LogP contribution in [0, 0.1) is 6.92 Å². The van der Waals surface area contributed by atoms with Gasteiger partial charge in [-0.2, -0.15) is 11.8 Å². The molecule has 1 aliphatic heterocycles. The van der Waals surface area contributed by atoms with Crippen molar-refractivity contribution >= 4 is 23.3 Å². The Labute approximate surface area is 110 Å². The Bertz CT molecular complexity index is 587. The van der Waals surface area contributed by atoms with E-state index in [1.54, 1.807) is 0 Å². The smallest absolute Gasteiger partial charge is 0.274 e. The molecule has 1 fully saturated rings. The largest absolute Gasteiger partial charge is 0.336 e. The number of nitrogens with zero attached hydrogens (tertiary/aromatic N) is 3. The van der Waals surface area contributed by atoms with E-state index >= 15 is 0 Å². The lowest BCUT2D eigenvalue weighted by Gasteiger charge is -2.25. The van der Waals surface area contributed by atoms with Crippen molar-refractivity contribution in [2.75, 3.05) is 24.6 Å². The number of hydrogen-bond acceptors (Lipinski definition) is 3. The maximum Gasteiger partial charge on any atom is 0.274 e. The predicted molar refractivity (Wildman–Crippen MR) is 73.2 cm³/mol. The lowest BCUT2D eigenvalue weighted by molar-refractivity contribution is 0.0767. The molecule has 1 saturated heterocycles. The molecule has 1 amide bonds. The lowest BCUT2D eigenvalue weighted by atomic mass is 10.3. The van der Waals surface area contributed by atoms with Gasteiger partial charge in [0.15, 0.2) is 0 Å². The van der Waals surface area contributed by atoms with Gasteiger partial charge >= 0.3 is 0 Å². The molecule has 0 aliphatic carbocycles. The van der Waals surface area contributed by atoms with Crippen molar-refractivity contribution in [3.63, 3.8) is 0 Å². The highest BCUT2D eigenvalue weighted by atomic mass is 32.2. The van der Waals surface area contributed by atoms with Crippen LogP contribution in [0.4, 0.5) is 0 Å². The molecule has 0 saturated carbocycles. The second-order valence-electron chi connectivity index (χ2n) is 4.50. The van der Waals surface area contributed by atoms with Crippen molar-refractivity contribution in [3.05, 3.63) is 35.8 Å². The zero-order valence-electron chi connectivity index (χ0n) is 10.3. The quantitative estimate of drug-likeness (QED) is 0.786. The van der Waals surface area contributed by atoms with Gasteiger partial charge in [0.05, 0.1) is 0 Å². The van der Waals surface area contributed by atoms with Crippen molar-refractivity contribution in [3.8, 4) is 0 Å². The van der Waals surface area contributed by atoms with Gasteiger partial charge in [-0.3, -0.25) is 4.79 Å². The van der Waals surface area contributed by atoms with Crippen LogP contribution in [0.5, 0.6) is 0 Å².